The minimum absolute atomic E-state index is 0.00393. The van der Waals surface area contributed by atoms with Crippen LogP contribution in [-0.2, 0) is 0 Å². The third kappa shape index (κ3) is 2.75. The van der Waals surface area contributed by atoms with Gasteiger partial charge in [-0.15, -0.1) is 0 Å². The van der Waals surface area contributed by atoms with E-state index in [4.69, 9.17) is 0 Å². The van der Waals surface area contributed by atoms with E-state index in [1.165, 1.54) is 0 Å². The maximum atomic E-state index is 12.5. The van der Waals surface area contributed by atoms with E-state index in [0.29, 0.717) is 5.69 Å². The molecule has 0 aliphatic rings. The summed E-state index contributed by atoms with van der Waals surface area (Å²) in [7, 11) is 0. The molecule has 100 valence electrons. The minimum atomic E-state index is -0.00393. The van der Waals surface area contributed by atoms with Crippen molar-refractivity contribution in [3.05, 3.63) is 42.1 Å². The highest BCUT2D eigenvalue weighted by molar-refractivity contribution is 5.95. The summed E-state index contributed by atoms with van der Waals surface area (Å²) in [6.07, 6.45) is 0. The molecule has 0 N–H and O–H groups in total. The number of hydrogen-bond acceptors (Lipinski definition) is 2. The number of hydrogen-bond donors (Lipinski definition) is 0. The Hall–Kier alpha value is -1.90. The van der Waals surface area contributed by atoms with E-state index >= 15 is 0 Å². The normalized spacial score (nSPS) is 11.3. The monoisotopic (exact) mass is 256 g/mol. The van der Waals surface area contributed by atoms with Crippen LogP contribution in [0.4, 0.5) is 0 Å². The van der Waals surface area contributed by atoms with E-state index in [1.54, 1.807) is 0 Å². The lowest BCUT2D eigenvalue weighted by Gasteiger charge is -2.30. The lowest BCUT2D eigenvalue weighted by atomic mass is 10.1. The van der Waals surface area contributed by atoms with Crippen molar-refractivity contribution < 1.29 is 4.79 Å². The predicted octanol–water partition coefficient (Wildman–Crippen LogP) is 3.49. The summed E-state index contributed by atoms with van der Waals surface area (Å²) in [6, 6.07) is 11.9. The number of carbonyl (C=O) groups is 1. The van der Waals surface area contributed by atoms with Crippen molar-refractivity contribution in [3.63, 3.8) is 0 Å². The standard InChI is InChI=1S/C16H20N2O/c1-11(2)18(12(3)4)16(19)15-10-9-13-7-5-6-8-14(13)17-15/h5-12H,1-4H3. The van der Waals surface area contributed by atoms with Crippen LogP contribution >= 0.6 is 0 Å². The Morgan fingerprint density at radius 1 is 1.00 bits per heavy atom. The first kappa shape index (κ1) is 13.5. The lowest BCUT2D eigenvalue weighted by molar-refractivity contribution is 0.0638. The summed E-state index contributed by atoms with van der Waals surface area (Å²) >= 11 is 0. The fourth-order valence-electron chi connectivity index (χ4n) is 2.38. The molecule has 1 aromatic carbocycles. The number of rotatable bonds is 3. The fraction of sp³-hybridized carbons (Fsp3) is 0.375. The van der Waals surface area contributed by atoms with E-state index in [9.17, 15) is 4.79 Å². The van der Waals surface area contributed by atoms with Crippen molar-refractivity contribution in [1.82, 2.24) is 9.88 Å². The van der Waals surface area contributed by atoms with Gasteiger partial charge >= 0.3 is 0 Å². The van der Waals surface area contributed by atoms with Gasteiger partial charge in [-0.3, -0.25) is 4.79 Å². The van der Waals surface area contributed by atoms with Gasteiger partial charge in [0.2, 0.25) is 0 Å². The lowest BCUT2D eigenvalue weighted by Crippen LogP contribution is -2.42. The second kappa shape index (κ2) is 5.39. The molecule has 3 nitrogen and oxygen atoms in total. The van der Waals surface area contributed by atoms with Crippen molar-refractivity contribution in [2.75, 3.05) is 0 Å². The molecule has 0 unspecified atom stereocenters. The van der Waals surface area contributed by atoms with Gasteiger partial charge in [0, 0.05) is 17.5 Å². The van der Waals surface area contributed by atoms with E-state index in [0.717, 1.165) is 10.9 Å². The number of nitrogens with zero attached hydrogens (tertiary/aromatic N) is 2. The predicted molar refractivity (Wildman–Crippen MR) is 78.2 cm³/mol. The van der Waals surface area contributed by atoms with Gasteiger partial charge in [-0.05, 0) is 39.8 Å². The summed E-state index contributed by atoms with van der Waals surface area (Å²) in [6.45, 7) is 8.11. The number of amides is 1. The number of para-hydroxylation sites is 1. The summed E-state index contributed by atoms with van der Waals surface area (Å²) in [5.74, 6) is -0.00393. The van der Waals surface area contributed by atoms with Crippen LogP contribution in [0.1, 0.15) is 38.2 Å². The van der Waals surface area contributed by atoms with Crippen LogP contribution in [0, 0.1) is 0 Å². The van der Waals surface area contributed by atoms with E-state index in [2.05, 4.69) is 4.98 Å². The molecule has 19 heavy (non-hydrogen) atoms. The van der Waals surface area contributed by atoms with Crippen molar-refractivity contribution in [3.8, 4) is 0 Å². The Morgan fingerprint density at radius 2 is 1.63 bits per heavy atom. The van der Waals surface area contributed by atoms with Gasteiger partial charge in [0.15, 0.2) is 0 Å². The zero-order valence-corrected chi connectivity index (χ0v) is 11.9. The molecule has 0 atom stereocenters. The summed E-state index contributed by atoms with van der Waals surface area (Å²) in [5, 5.41) is 1.06. The van der Waals surface area contributed by atoms with Gasteiger partial charge in [-0.25, -0.2) is 4.98 Å². The highest BCUT2D eigenvalue weighted by Crippen LogP contribution is 2.15. The Morgan fingerprint density at radius 3 is 2.26 bits per heavy atom. The van der Waals surface area contributed by atoms with Crippen LogP contribution in [0.3, 0.4) is 0 Å². The maximum absolute atomic E-state index is 12.5. The molecule has 1 amide bonds. The van der Waals surface area contributed by atoms with Gasteiger partial charge in [-0.2, -0.15) is 0 Å². The Bertz CT molecular complexity index is 582. The van der Waals surface area contributed by atoms with Gasteiger partial charge < -0.3 is 4.90 Å². The average molecular weight is 256 g/mol. The first-order chi connectivity index (χ1) is 9.00. The topological polar surface area (TPSA) is 33.2 Å². The molecule has 0 spiro atoms. The molecule has 0 bridgehead atoms. The van der Waals surface area contributed by atoms with Gasteiger partial charge in [0.1, 0.15) is 5.69 Å². The first-order valence-corrected chi connectivity index (χ1v) is 6.69. The number of benzene rings is 1. The molecule has 0 aliphatic heterocycles. The number of pyridine rings is 1. The van der Waals surface area contributed by atoms with E-state index in [-0.39, 0.29) is 18.0 Å². The molecular formula is C16H20N2O. The number of carbonyl (C=O) groups excluding carboxylic acids is 1. The summed E-state index contributed by atoms with van der Waals surface area (Å²) in [4.78, 5) is 18.9. The largest absolute Gasteiger partial charge is 0.332 e. The van der Waals surface area contributed by atoms with Crippen molar-refractivity contribution >= 4 is 16.8 Å². The molecule has 0 fully saturated rings. The SMILES string of the molecule is CC(C)N(C(=O)c1ccc2ccccc2n1)C(C)C. The highest BCUT2D eigenvalue weighted by atomic mass is 16.2. The molecule has 0 radical (unpaired) electrons. The van der Waals surface area contributed by atoms with Crippen molar-refractivity contribution in [2.45, 2.75) is 39.8 Å². The average Bonchev–Trinajstić information content (AvgIpc) is 2.37. The zero-order valence-electron chi connectivity index (χ0n) is 11.9. The molecule has 0 saturated heterocycles. The van der Waals surface area contributed by atoms with Crippen LogP contribution < -0.4 is 0 Å². The van der Waals surface area contributed by atoms with Crippen LogP contribution in [0.2, 0.25) is 0 Å². The second-order valence-corrected chi connectivity index (χ2v) is 5.29. The van der Waals surface area contributed by atoms with E-state index < -0.39 is 0 Å². The van der Waals surface area contributed by atoms with Crippen LogP contribution in [0.25, 0.3) is 10.9 Å². The molecule has 0 aliphatic carbocycles. The van der Waals surface area contributed by atoms with Gasteiger partial charge in [0.05, 0.1) is 5.52 Å². The smallest absolute Gasteiger partial charge is 0.272 e. The van der Waals surface area contributed by atoms with Crippen molar-refractivity contribution in [2.24, 2.45) is 0 Å². The third-order valence-corrected chi connectivity index (χ3v) is 3.16. The quantitative estimate of drug-likeness (QED) is 0.842. The molecule has 3 heteroatoms. The highest BCUT2D eigenvalue weighted by Gasteiger charge is 2.22. The van der Waals surface area contributed by atoms with Gasteiger partial charge in [-0.1, -0.05) is 24.3 Å². The molecule has 2 aromatic rings. The fourth-order valence-corrected chi connectivity index (χ4v) is 2.38. The summed E-state index contributed by atoms with van der Waals surface area (Å²) < 4.78 is 0. The molecule has 1 aromatic heterocycles. The maximum Gasteiger partial charge on any atom is 0.272 e. The Balaban J connectivity index is 2.40. The van der Waals surface area contributed by atoms with Gasteiger partial charge in [0.25, 0.3) is 5.91 Å². The molecule has 2 rings (SSSR count). The van der Waals surface area contributed by atoms with Crippen molar-refractivity contribution in [1.29, 1.82) is 0 Å². The zero-order chi connectivity index (χ0) is 14.0. The second-order valence-electron chi connectivity index (χ2n) is 5.29. The molecule has 0 saturated carbocycles. The summed E-state index contributed by atoms with van der Waals surface area (Å²) in [5.41, 5.74) is 1.38. The Kier molecular flexibility index (Phi) is 3.84. The third-order valence-electron chi connectivity index (χ3n) is 3.16. The Labute approximate surface area is 114 Å². The van der Waals surface area contributed by atoms with Crippen LogP contribution in [-0.4, -0.2) is 27.9 Å². The van der Waals surface area contributed by atoms with Crippen LogP contribution in [0.15, 0.2) is 36.4 Å². The number of aromatic nitrogens is 1. The molecule has 1 heterocycles. The number of fused-ring (bicyclic) bond motifs is 1. The minimum Gasteiger partial charge on any atom is -0.332 e. The first-order valence-electron chi connectivity index (χ1n) is 6.69. The van der Waals surface area contributed by atoms with E-state index in [1.807, 2.05) is 69.0 Å². The molecular weight excluding hydrogens is 236 g/mol. The van der Waals surface area contributed by atoms with Crippen LogP contribution in [0.5, 0.6) is 0 Å².